The minimum Gasteiger partial charge on any atom is -0.383 e. The summed E-state index contributed by atoms with van der Waals surface area (Å²) in [5, 5.41) is 3.34. The van der Waals surface area contributed by atoms with Gasteiger partial charge in [-0.05, 0) is 32.1 Å². The van der Waals surface area contributed by atoms with E-state index in [1.165, 1.54) is 12.8 Å². The predicted octanol–water partition coefficient (Wildman–Crippen LogP) is 2.59. The second kappa shape index (κ2) is 7.92. The number of methoxy groups -OCH3 is 1. The van der Waals surface area contributed by atoms with Gasteiger partial charge >= 0.3 is 0 Å². The van der Waals surface area contributed by atoms with E-state index in [-0.39, 0.29) is 5.60 Å². The molecule has 21 heavy (non-hydrogen) atoms. The quantitative estimate of drug-likeness (QED) is 0.724. The SMILES string of the molecule is CCOC1(c2ncc(CNCCOC)[nH]2)CCCC(C)C1. The Bertz CT molecular complexity index is 417. The van der Waals surface area contributed by atoms with Crippen LogP contribution in [0.4, 0.5) is 0 Å². The molecule has 1 fully saturated rings. The summed E-state index contributed by atoms with van der Waals surface area (Å²) in [5.41, 5.74) is 0.899. The largest absolute Gasteiger partial charge is 0.383 e. The molecule has 1 aliphatic rings. The third-order valence-electron chi connectivity index (χ3n) is 4.23. The summed E-state index contributed by atoms with van der Waals surface area (Å²) < 4.78 is 11.2. The van der Waals surface area contributed by atoms with Gasteiger partial charge in [0.15, 0.2) is 0 Å². The molecule has 1 saturated carbocycles. The Kier molecular flexibility index (Phi) is 6.21. The Morgan fingerprint density at radius 2 is 2.38 bits per heavy atom. The van der Waals surface area contributed by atoms with Crippen LogP contribution in [0.5, 0.6) is 0 Å². The molecule has 5 nitrogen and oxygen atoms in total. The van der Waals surface area contributed by atoms with Crippen molar-refractivity contribution in [3.05, 3.63) is 17.7 Å². The first kappa shape index (κ1) is 16.5. The lowest BCUT2D eigenvalue weighted by Crippen LogP contribution is -2.36. The number of aromatic nitrogens is 2. The van der Waals surface area contributed by atoms with Gasteiger partial charge < -0.3 is 19.8 Å². The van der Waals surface area contributed by atoms with Gasteiger partial charge in [0.2, 0.25) is 0 Å². The molecule has 2 N–H and O–H groups in total. The third-order valence-corrected chi connectivity index (χ3v) is 4.23. The molecule has 120 valence electrons. The van der Waals surface area contributed by atoms with E-state index in [1.54, 1.807) is 7.11 Å². The summed E-state index contributed by atoms with van der Waals surface area (Å²) in [7, 11) is 1.71. The highest BCUT2D eigenvalue weighted by molar-refractivity contribution is 5.10. The van der Waals surface area contributed by atoms with Crippen molar-refractivity contribution in [1.82, 2.24) is 15.3 Å². The van der Waals surface area contributed by atoms with Crippen molar-refractivity contribution < 1.29 is 9.47 Å². The van der Waals surface area contributed by atoms with E-state index >= 15 is 0 Å². The lowest BCUT2D eigenvalue weighted by Gasteiger charge is -2.38. The number of nitrogens with one attached hydrogen (secondary N) is 2. The number of hydrogen-bond acceptors (Lipinski definition) is 4. The minimum atomic E-state index is -0.211. The van der Waals surface area contributed by atoms with Crippen LogP contribution in [-0.4, -0.2) is 36.8 Å². The van der Waals surface area contributed by atoms with Crippen molar-refractivity contribution in [2.45, 2.75) is 51.7 Å². The minimum absolute atomic E-state index is 0.211. The normalized spacial score (nSPS) is 26.1. The van der Waals surface area contributed by atoms with Gasteiger partial charge in [0.1, 0.15) is 11.4 Å². The van der Waals surface area contributed by atoms with Crippen LogP contribution in [0.2, 0.25) is 0 Å². The molecule has 2 rings (SSSR count). The van der Waals surface area contributed by atoms with Crippen molar-refractivity contribution in [3.63, 3.8) is 0 Å². The fourth-order valence-corrected chi connectivity index (χ4v) is 3.27. The number of H-pyrrole nitrogens is 1. The van der Waals surface area contributed by atoms with Crippen LogP contribution >= 0.6 is 0 Å². The highest BCUT2D eigenvalue weighted by atomic mass is 16.5. The Morgan fingerprint density at radius 3 is 3.10 bits per heavy atom. The molecule has 0 bridgehead atoms. The van der Waals surface area contributed by atoms with Crippen LogP contribution in [0.3, 0.4) is 0 Å². The summed E-state index contributed by atoms with van der Waals surface area (Å²) in [6.07, 6.45) is 6.56. The second-order valence-corrected chi connectivity index (χ2v) is 6.06. The number of imidazole rings is 1. The van der Waals surface area contributed by atoms with Crippen LogP contribution in [0.1, 0.15) is 51.0 Å². The molecule has 0 radical (unpaired) electrons. The third kappa shape index (κ3) is 4.28. The van der Waals surface area contributed by atoms with Crippen molar-refractivity contribution in [2.75, 3.05) is 26.9 Å². The number of rotatable bonds is 8. The first-order valence-corrected chi connectivity index (χ1v) is 8.08. The van der Waals surface area contributed by atoms with E-state index in [0.29, 0.717) is 5.92 Å². The Morgan fingerprint density at radius 1 is 1.52 bits per heavy atom. The first-order chi connectivity index (χ1) is 10.2. The lowest BCUT2D eigenvalue weighted by atomic mass is 9.78. The average Bonchev–Trinajstić information content (AvgIpc) is 2.93. The van der Waals surface area contributed by atoms with Gasteiger partial charge in [0.05, 0.1) is 6.61 Å². The zero-order valence-electron chi connectivity index (χ0n) is 13.6. The van der Waals surface area contributed by atoms with E-state index < -0.39 is 0 Å². The molecule has 5 heteroatoms. The van der Waals surface area contributed by atoms with E-state index in [4.69, 9.17) is 9.47 Å². The average molecular weight is 295 g/mol. The summed E-state index contributed by atoms with van der Waals surface area (Å²) >= 11 is 0. The maximum Gasteiger partial charge on any atom is 0.138 e. The number of ether oxygens (including phenoxy) is 2. The molecule has 2 atom stereocenters. The molecule has 1 heterocycles. The lowest BCUT2D eigenvalue weighted by molar-refractivity contribution is -0.0876. The molecule has 0 aromatic carbocycles. The van der Waals surface area contributed by atoms with E-state index in [2.05, 4.69) is 29.1 Å². The number of nitrogens with zero attached hydrogens (tertiary/aromatic N) is 1. The number of aromatic amines is 1. The van der Waals surface area contributed by atoms with Crippen molar-refractivity contribution >= 4 is 0 Å². The Labute approximate surface area is 127 Å². The van der Waals surface area contributed by atoms with Gasteiger partial charge in [-0.25, -0.2) is 4.98 Å². The molecule has 1 aliphatic carbocycles. The topological polar surface area (TPSA) is 59.2 Å². The molecular weight excluding hydrogens is 266 g/mol. The van der Waals surface area contributed by atoms with Gasteiger partial charge in [-0.3, -0.25) is 0 Å². The Hall–Kier alpha value is -0.910. The molecular formula is C16H29N3O2. The highest BCUT2D eigenvalue weighted by Gasteiger charge is 2.39. The van der Waals surface area contributed by atoms with E-state index in [1.807, 2.05) is 6.20 Å². The summed E-state index contributed by atoms with van der Waals surface area (Å²) in [6, 6.07) is 0. The molecule has 0 saturated heterocycles. The summed E-state index contributed by atoms with van der Waals surface area (Å²) in [4.78, 5) is 8.08. The van der Waals surface area contributed by atoms with Crippen LogP contribution < -0.4 is 5.32 Å². The fraction of sp³-hybridized carbons (Fsp3) is 0.812. The van der Waals surface area contributed by atoms with Crippen LogP contribution in [0.25, 0.3) is 0 Å². The number of hydrogen-bond donors (Lipinski definition) is 2. The van der Waals surface area contributed by atoms with Crippen LogP contribution in [0, 0.1) is 5.92 Å². The van der Waals surface area contributed by atoms with Crippen LogP contribution in [0.15, 0.2) is 6.20 Å². The van der Waals surface area contributed by atoms with Gasteiger partial charge in [0.25, 0.3) is 0 Å². The van der Waals surface area contributed by atoms with Crippen molar-refractivity contribution in [2.24, 2.45) is 5.92 Å². The highest BCUT2D eigenvalue weighted by Crippen LogP contribution is 2.41. The van der Waals surface area contributed by atoms with Gasteiger partial charge in [-0.1, -0.05) is 13.3 Å². The fourth-order valence-electron chi connectivity index (χ4n) is 3.27. The zero-order valence-corrected chi connectivity index (χ0v) is 13.6. The summed E-state index contributed by atoms with van der Waals surface area (Å²) in [6.45, 7) is 7.46. The van der Waals surface area contributed by atoms with Gasteiger partial charge in [-0.2, -0.15) is 0 Å². The molecule has 0 spiro atoms. The predicted molar refractivity (Wildman–Crippen MR) is 83.1 cm³/mol. The standard InChI is InChI=1S/C16H29N3O2/c1-4-21-16(7-5-6-13(2)10-16)15-18-12-14(19-15)11-17-8-9-20-3/h12-13,17H,4-11H2,1-3H3,(H,18,19). The van der Waals surface area contributed by atoms with E-state index in [9.17, 15) is 0 Å². The van der Waals surface area contributed by atoms with Gasteiger partial charge in [-0.15, -0.1) is 0 Å². The van der Waals surface area contributed by atoms with Crippen LogP contribution in [-0.2, 0) is 21.6 Å². The molecule has 1 aromatic heterocycles. The smallest absolute Gasteiger partial charge is 0.138 e. The molecule has 2 unspecified atom stereocenters. The maximum absolute atomic E-state index is 6.15. The zero-order chi connectivity index (χ0) is 15.1. The molecule has 1 aromatic rings. The summed E-state index contributed by atoms with van der Waals surface area (Å²) in [5.74, 6) is 1.69. The second-order valence-electron chi connectivity index (χ2n) is 6.06. The monoisotopic (exact) mass is 295 g/mol. The van der Waals surface area contributed by atoms with Crippen molar-refractivity contribution in [3.8, 4) is 0 Å². The first-order valence-electron chi connectivity index (χ1n) is 8.08. The van der Waals surface area contributed by atoms with Gasteiger partial charge in [0, 0.05) is 38.7 Å². The molecule has 0 aliphatic heterocycles. The maximum atomic E-state index is 6.15. The van der Waals surface area contributed by atoms with E-state index in [0.717, 1.165) is 50.7 Å². The van der Waals surface area contributed by atoms with Crippen molar-refractivity contribution in [1.29, 1.82) is 0 Å². The Balaban J connectivity index is 2.02. The molecule has 0 amide bonds.